The molecule has 19 heavy (non-hydrogen) atoms. The summed E-state index contributed by atoms with van der Waals surface area (Å²) in [6.07, 6.45) is 1.53. The van der Waals surface area contributed by atoms with Crippen molar-refractivity contribution in [2.75, 3.05) is 24.3 Å². The maximum Gasteiger partial charge on any atom is 0.176 e. The van der Waals surface area contributed by atoms with Crippen molar-refractivity contribution >= 4 is 33.3 Å². The predicted molar refractivity (Wildman–Crippen MR) is 80.2 cm³/mol. The molecule has 2 aromatic heterocycles. The molecule has 0 aliphatic rings. The lowest BCUT2D eigenvalue weighted by atomic mass is 10.1. The highest BCUT2D eigenvalue weighted by Gasteiger charge is 2.12. The predicted octanol–water partition coefficient (Wildman–Crippen LogP) is 2.75. The molecule has 2 rings (SSSR count). The molecule has 0 N–H and O–H groups in total. The van der Waals surface area contributed by atoms with Crippen molar-refractivity contribution in [2.45, 2.75) is 24.8 Å². The molecular formula is C12H17BrN4OS. The van der Waals surface area contributed by atoms with Crippen LogP contribution in [0.3, 0.4) is 0 Å². The number of halogens is 1. The van der Waals surface area contributed by atoms with Crippen LogP contribution in [0.15, 0.2) is 17.4 Å². The number of hydrogen-bond donors (Lipinski definition) is 0. The lowest BCUT2D eigenvalue weighted by Crippen LogP contribution is -2.04. The molecule has 0 radical (unpaired) electrons. The van der Waals surface area contributed by atoms with Crippen LogP contribution in [0.1, 0.15) is 25.3 Å². The molecule has 7 heteroatoms. The largest absolute Gasteiger partial charge is 0.380 e. The van der Waals surface area contributed by atoms with Gasteiger partial charge in [0.15, 0.2) is 5.65 Å². The van der Waals surface area contributed by atoms with Crippen molar-refractivity contribution in [3.05, 3.63) is 18.0 Å². The van der Waals surface area contributed by atoms with Gasteiger partial charge in [-0.1, -0.05) is 29.8 Å². The van der Waals surface area contributed by atoms with Gasteiger partial charge in [-0.05, 0) is 17.5 Å². The maximum absolute atomic E-state index is 5.45. The Kier molecular flexibility index (Phi) is 5.59. The Balaban J connectivity index is 2.08. The summed E-state index contributed by atoms with van der Waals surface area (Å²) < 4.78 is 7.02. The second-order valence-corrected chi connectivity index (χ2v) is 6.19. The van der Waals surface area contributed by atoms with Gasteiger partial charge in [-0.25, -0.2) is 4.98 Å². The minimum absolute atomic E-state index is 0.417. The lowest BCUT2D eigenvalue weighted by Gasteiger charge is -2.11. The zero-order chi connectivity index (χ0) is 13.7. The lowest BCUT2D eigenvalue weighted by molar-refractivity contribution is 0.168. The summed E-state index contributed by atoms with van der Waals surface area (Å²) in [6.45, 7) is 5.79. The SMILES string of the molecule is CC(C)c1cc2ncnn2nc1SCCOCCBr. The minimum Gasteiger partial charge on any atom is -0.380 e. The average Bonchev–Trinajstić information content (AvgIpc) is 2.84. The normalized spacial score (nSPS) is 11.6. The summed E-state index contributed by atoms with van der Waals surface area (Å²) in [4.78, 5) is 4.17. The van der Waals surface area contributed by atoms with Gasteiger partial charge in [-0.15, -0.1) is 26.6 Å². The maximum atomic E-state index is 5.45. The summed E-state index contributed by atoms with van der Waals surface area (Å²) in [7, 11) is 0. The first-order valence-corrected chi connectivity index (χ1v) is 8.30. The van der Waals surface area contributed by atoms with E-state index in [1.807, 2.05) is 0 Å². The van der Waals surface area contributed by atoms with Crippen LogP contribution in [0.4, 0.5) is 0 Å². The van der Waals surface area contributed by atoms with Crippen LogP contribution in [-0.2, 0) is 4.74 Å². The highest BCUT2D eigenvalue weighted by molar-refractivity contribution is 9.09. The zero-order valence-corrected chi connectivity index (χ0v) is 13.4. The van der Waals surface area contributed by atoms with Crippen LogP contribution in [0.2, 0.25) is 0 Å². The molecule has 0 atom stereocenters. The van der Waals surface area contributed by atoms with Gasteiger partial charge in [0.1, 0.15) is 11.4 Å². The van der Waals surface area contributed by atoms with Crippen molar-refractivity contribution in [2.24, 2.45) is 0 Å². The third-order valence-corrected chi connectivity index (χ3v) is 3.87. The van der Waals surface area contributed by atoms with Crippen molar-refractivity contribution in [1.82, 2.24) is 19.8 Å². The molecule has 104 valence electrons. The van der Waals surface area contributed by atoms with Gasteiger partial charge in [0.25, 0.3) is 0 Å². The Hall–Kier alpha value is -0.660. The molecule has 0 fully saturated rings. The van der Waals surface area contributed by atoms with E-state index in [0.717, 1.165) is 35.0 Å². The quantitative estimate of drug-likeness (QED) is 0.439. The zero-order valence-electron chi connectivity index (χ0n) is 11.0. The van der Waals surface area contributed by atoms with Gasteiger partial charge in [-0.3, -0.25) is 0 Å². The van der Waals surface area contributed by atoms with E-state index < -0.39 is 0 Å². The Morgan fingerprint density at radius 2 is 2.26 bits per heavy atom. The highest BCUT2D eigenvalue weighted by Crippen LogP contribution is 2.26. The Morgan fingerprint density at radius 1 is 1.42 bits per heavy atom. The fourth-order valence-corrected chi connectivity index (χ4v) is 2.86. The molecule has 0 aromatic carbocycles. The van der Waals surface area contributed by atoms with Crippen molar-refractivity contribution in [3.63, 3.8) is 0 Å². The van der Waals surface area contributed by atoms with Crippen molar-refractivity contribution < 1.29 is 4.74 Å². The molecule has 0 saturated heterocycles. The number of ether oxygens (including phenoxy) is 1. The molecule has 0 unspecified atom stereocenters. The smallest absolute Gasteiger partial charge is 0.176 e. The number of fused-ring (bicyclic) bond motifs is 1. The van der Waals surface area contributed by atoms with E-state index in [-0.39, 0.29) is 0 Å². The topological polar surface area (TPSA) is 52.3 Å². The van der Waals surface area contributed by atoms with Gasteiger partial charge in [0.05, 0.1) is 13.2 Å². The summed E-state index contributed by atoms with van der Waals surface area (Å²) in [5.74, 6) is 1.31. The van der Waals surface area contributed by atoms with Crippen LogP contribution in [0, 0.1) is 0 Å². The summed E-state index contributed by atoms with van der Waals surface area (Å²) in [6, 6.07) is 2.06. The monoisotopic (exact) mass is 344 g/mol. The van der Waals surface area contributed by atoms with Gasteiger partial charge < -0.3 is 4.74 Å². The second kappa shape index (κ2) is 7.21. The van der Waals surface area contributed by atoms with Gasteiger partial charge >= 0.3 is 0 Å². The molecule has 0 saturated carbocycles. The van der Waals surface area contributed by atoms with Gasteiger partial charge in [0, 0.05) is 11.1 Å². The third-order valence-electron chi connectivity index (χ3n) is 2.58. The first kappa shape index (κ1) is 14.7. The molecular weight excluding hydrogens is 328 g/mol. The number of alkyl halides is 1. The van der Waals surface area contributed by atoms with Crippen molar-refractivity contribution in [1.29, 1.82) is 0 Å². The molecule has 0 spiro atoms. The van der Waals surface area contributed by atoms with Crippen LogP contribution >= 0.6 is 27.7 Å². The average molecular weight is 345 g/mol. The first-order chi connectivity index (χ1) is 9.22. The highest BCUT2D eigenvalue weighted by atomic mass is 79.9. The van der Waals surface area contributed by atoms with E-state index in [0.29, 0.717) is 5.92 Å². The van der Waals surface area contributed by atoms with E-state index in [1.54, 1.807) is 16.4 Å². The number of hydrogen-bond acceptors (Lipinski definition) is 5. The van der Waals surface area contributed by atoms with Gasteiger partial charge in [0.2, 0.25) is 0 Å². The van der Waals surface area contributed by atoms with E-state index in [9.17, 15) is 0 Å². The minimum atomic E-state index is 0.417. The van der Waals surface area contributed by atoms with Crippen LogP contribution < -0.4 is 0 Å². The van der Waals surface area contributed by atoms with Crippen LogP contribution in [0.25, 0.3) is 5.65 Å². The number of nitrogens with zero attached hydrogens (tertiary/aromatic N) is 4. The summed E-state index contributed by atoms with van der Waals surface area (Å²) in [5, 5.41) is 10.5. The molecule has 2 aromatic rings. The molecule has 0 bridgehead atoms. The summed E-state index contributed by atoms with van der Waals surface area (Å²) in [5.41, 5.74) is 2.01. The Morgan fingerprint density at radius 3 is 3.00 bits per heavy atom. The van der Waals surface area contributed by atoms with E-state index >= 15 is 0 Å². The molecule has 5 nitrogen and oxygen atoms in total. The molecule has 0 aliphatic heterocycles. The summed E-state index contributed by atoms with van der Waals surface area (Å²) >= 11 is 5.04. The standard InChI is InChI=1S/C12H17BrN4OS/c1-9(2)10-7-11-14-8-15-17(11)16-12(10)19-6-5-18-4-3-13/h7-9H,3-6H2,1-2H3. The van der Waals surface area contributed by atoms with E-state index in [1.165, 1.54) is 11.9 Å². The first-order valence-electron chi connectivity index (χ1n) is 6.20. The number of aromatic nitrogens is 4. The third kappa shape index (κ3) is 3.90. The van der Waals surface area contributed by atoms with Crippen LogP contribution in [-0.4, -0.2) is 44.1 Å². The Bertz CT molecular complexity index is 531. The van der Waals surface area contributed by atoms with E-state index in [2.05, 4.69) is 51.0 Å². The number of thioether (sulfide) groups is 1. The number of rotatable bonds is 7. The van der Waals surface area contributed by atoms with E-state index in [4.69, 9.17) is 4.74 Å². The fraction of sp³-hybridized carbons (Fsp3) is 0.583. The van der Waals surface area contributed by atoms with Gasteiger partial charge in [-0.2, -0.15) is 0 Å². The van der Waals surface area contributed by atoms with Crippen molar-refractivity contribution in [3.8, 4) is 0 Å². The van der Waals surface area contributed by atoms with Crippen LogP contribution in [0.5, 0.6) is 0 Å². The second-order valence-electron chi connectivity index (χ2n) is 4.32. The molecule has 2 heterocycles. The molecule has 0 aliphatic carbocycles. The molecule has 0 amide bonds. The fourth-order valence-electron chi connectivity index (χ4n) is 1.64. The Labute approximate surface area is 125 Å².